The van der Waals surface area contributed by atoms with Gasteiger partial charge in [-0.3, -0.25) is 19.8 Å². The van der Waals surface area contributed by atoms with Gasteiger partial charge in [0.05, 0.1) is 6.42 Å². The van der Waals surface area contributed by atoms with Gasteiger partial charge < -0.3 is 9.64 Å². The molecule has 1 aliphatic heterocycles. The highest BCUT2D eigenvalue weighted by Gasteiger charge is 2.32. The van der Waals surface area contributed by atoms with Crippen molar-refractivity contribution in [2.24, 2.45) is 0 Å². The third-order valence-electron chi connectivity index (χ3n) is 5.66. The van der Waals surface area contributed by atoms with Crippen LogP contribution in [0.15, 0.2) is 42.5 Å². The molecule has 2 atom stereocenters. The maximum absolute atomic E-state index is 13.2. The molecule has 3 rings (SSSR count). The van der Waals surface area contributed by atoms with Gasteiger partial charge in [0.25, 0.3) is 5.91 Å². The molecule has 2 amide bonds. The number of nitriles is 1. The molecule has 0 aliphatic carbocycles. The molecule has 2 aromatic carbocycles. The third kappa shape index (κ3) is 6.67. The first-order valence-electron chi connectivity index (χ1n) is 10.6. The van der Waals surface area contributed by atoms with Gasteiger partial charge in [-0.1, -0.05) is 29.8 Å². The number of hydrogen-bond acceptors (Lipinski definition) is 5. The van der Waals surface area contributed by atoms with Crippen LogP contribution in [0.5, 0.6) is 5.75 Å². The van der Waals surface area contributed by atoms with Crippen molar-refractivity contribution in [2.75, 3.05) is 19.7 Å². The Morgan fingerprint density at radius 2 is 1.91 bits per heavy atom. The molecule has 1 N–H and O–H groups in total. The minimum Gasteiger partial charge on any atom is -0.483 e. The molecule has 1 fully saturated rings. The van der Waals surface area contributed by atoms with Crippen molar-refractivity contribution in [2.45, 2.75) is 38.9 Å². The minimum absolute atomic E-state index is 0.0296. The Morgan fingerprint density at radius 3 is 2.61 bits per heavy atom. The Labute approximate surface area is 197 Å². The molecule has 174 valence electrons. The zero-order chi connectivity index (χ0) is 24.0. The number of halogens is 2. The summed E-state index contributed by atoms with van der Waals surface area (Å²) in [5.74, 6) is -0.567. The SMILES string of the molecule is CC1CN(C(=O)COc2cc(Cl)ccc2CC(=O)NC#N)C(C)CN1Cc1ccc(F)cc1. The molecule has 1 aliphatic rings. The van der Waals surface area contributed by atoms with E-state index in [0.29, 0.717) is 36.0 Å². The highest BCUT2D eigenvalue weighted by atomic mass is 35.5. The second-order valence-electron chi connectivity index (χ2n) is 8.18. The average molecular weight is 473 g/mol. The van der Waals surface area contributed by atoms with Crippen molar-refractivity contribution in [3.8, 4) is 11.9 Å². The van der Waals surface area contributed by atoms with Crippen molar-refractivity contribution in [3.05, 3.63) is 64.4 Å². The number of nitrogens with zero attached hydrogens (tertiary/aromatic N) is 3. The highest BCUT2D eigenvalue weighted by Crippen LogP contribution is 2.25. The van der Waals surface area contributed by atoms with Crippen molar-refractivity contribution >= 4 is 23.4 Å². The van der Waals surface area contributed by atoms with Gasteiger partial charge in [0.1, 0.15) is 11.6 Å². The van der Waals surface area contributed by atoms with E-state index in [1.807, 2.05) is 6.92 Å². The first-order chi connectivity index (χ1) is 15.8. The number of rotatable bonds is 7. The van der Waals surface area contributed by atoms with E-state index >= 15 is 0 Å². The van der Waals surface area contributed by atoms with Gasteiger partial charge in [0.15, 0.2) is 12.8 Å². The summed E-state index contributed by atoms with van der Waals surface area (Å²) in [7, 11) is 0. The van der Waals surface area contributed by atoms with Crippen LogP contribution < -0.4 is 10.1 Å². The first kappa shape index (κ1) is 24.5. The van der Waals surface area contributed by atoms with Gasteiger partial charge in [-0.05, 0) is 43.7 Å². The van der Waals surface area contributed by atoms with E-state index in [2.05, 4.69) is 17.1 Å². The Morgan fingerprint density at radius 1 is 1.18 bits per heavy atom. The topological polar surface area (TPSA) is 85.7 Å². The van der Waals surface area contributed by atoms with Crippen LogP contribution in [0.25, 0.3) is 0 Å². The van der Waals surface area contributed by atoms with E-state index in [9.17, 15) is 14.0 Å². The summed E-state index contributed by atoms with van der Waals surface area (Å²) in [6, 6.07) is 11.4. The van der Waals surface area contributed by atoms with E-state index in [0.717, 1.165) is 5.56 Å². The quantitative estimate of drug-likeness (QED) is 0.494. The van der Waals surface area contributed by atoms with Crippen LogP contribution in [0.4, 0.5) is 4.39 Å². The third-order valence-corrected chi connectivity index (χ3v) is 5.90. The van der Waals surface area contributed by atoms with Gasteiger partial charge in [0.2, 0.25) is 5.91 Å². The maximum Gasteiger partial charge on any atom is 0.260 e. The molecule has 0 radical (unpaired) electrons. The number of hydrogen-bond donors (Lipinski definition) is 1. The molecule has 2 unspecified atom stereocenters. The first-order valence-corrected chi connectivity index (χ1v) is 11.0. The monoisotopic (exact) mass is 472 g/mol. The Kier molecular flexibility index (Phi) is 8.26. The molecule has 0 aromatic heterocycles. The molecule has 2 aromatic rings. The molecular formula is C24H26ClFN4O3. The summed E-state index contributed by atoms with van der Waals surface area (Å²) in [4.78, 5) is 28.8. The predicted octanol–water partition coefficient (Wildman–Crippen LogP) is 3.12. The second kappa shape index (κ2) is 11.1. The van der Waals surface area contributed by atoms with Crippen LogP contribution in [0.2, 0.25) is 5.02 Å². The second-order valence-corrected chi connectivity index (χ2v) is 8.61. The smallest absolute Gasteiger partial charge is 0.260 e. The molecule has 0 bridgehead atoms. The molecule has 7 nitrogen and oxygen atoms in total. The van der Waals surface area contributed by atoms with E-state index in [4.69, 9.17) is 21.6 Å². The average Bonchev–Trinajstić information content (AvgIpc) is 2.77. The lowest BCUT2D eigenvalue weighted by Gasteiger charge is -2.44. The van der Waals surface area contributed by atoms with Gasteiger partial charge in [-0.15, -0.1) is 0 Å². The van der Waals surface area contributed by atoms with E-state index < -0.39 is 5.91 Å². The normalized spacial score (nSPS) is 18.5. The summed E-state index contributed by atoms with van der Waals surface area (Å²) in [5, 5.41) is 11.1. The number of benzene rings is 2. The van der Waals surface area contributed by atoms with Gasteiger partial charge >= 0.3 is 0 Å². The predicted molar refractivity (Wildman–Crippen MR) is 122 cm³/mol. The molecule has 1 saturated heterocycles. The number of nitrogens with one attached hydrogen (secondary N) is 1. The molecule has 33 heavy (non-hydrogen) atoms. The number of ether oxygens (including phenoxy) is 1. The minimum atomic E-state index is -0.476. The van der Waals surface area contributed by atoms with Crippen LogP contribution in [0.3, 0.4) is 0 Å². The fraction of sp³-hybridized carbons (Fsp3) is 0.375. The summed E-state index contributed by atoms with van der Waals surface area (Å²) < 4.78 is 18.9. The molecule has 0 spiro atoms. The molecule has 0 saturated carbocycles. The fourth-order valence-corrected chi connectivity index (χ4v) is 4.06. The van der Waals surface area contributed by atoms with Crippen molar-refractivity contribution in [1.82, 2.24) is 15.1 Å². The summed E-state index contributed by atoms with van der Waals surface area (Å²) in [5.41, 5.74) is 1.55. The number of carbonyl (C=O) groups excluding carboxylic acids is 2. The molecule has 9 heteroatoms. The summed E-state index contributed by atoms with van der Waals surface area (Å²) in [6.07, 6.45) is 1.53. The Hall–Kier alpha value is -3.15. The summed E-state index contributed by atoms with van der Waals surface area (Å²) in [6.45, 7) is 5.75. The Bertz CT molecular complexity index is 1040. The van der Waals surface area contributed by atoms with Crippen LogP contribution >= 0.6 is 11.6 Å². The van der Waals surface area contributed by atoms with Crippen LogP contribution in [-0.2, 0) is 22.6 Å². The number of amides is 2. The van der Waals surface area contributed by atoms with Crippen molar-refractivity contribution in [1.29, 1.82) is 5.26 Å². The standard InChI is InChI=1S/C24H26ClFN4O3/c1-16-12-30(17(2)11-29(16)13-18-3-7-21(26)8-4-18)24(32)14-33-22-10-20(25)6-5-19(22)9-23(31)28-15-27/h3-8,10,16-17H,9,11-14H2,1-2H3,(H,28,31). The van der Waals surface area contributed by atoms with Crippen LogP contribution in [0.1, 0.15) is 25.0 Å². The molecule has 1 heterocycles. The van der Waals surface area contributed by atoms with Crippen molar-refractivity contribution in [3.63, 3.8) is 0 Å². The van der Waals surface area contributed by atoms with Gasteiger partial charge in [-0.2, -0.15) is 5.26 Å². The Balaban J connectivity index is 1.60. The van der Waals surface area contributed by atoms with E-state index in [1.54, 1.807) is 41.4 Å². The molecular weight excluding hydrogens is 447 g/mol. The van der Waals surface area contributed by atoms with Crippen molar-refractivity contribution < 1.29 is 18.7 Å². The number of carbonyl (C=O) groups is 2. The highest BCUT2D eigenvalue weighted by molar-refractivity contribution is 6.30. The maximum atomic E-state index is 13.2. The van der Waals surface area contributed by atoms with E-state index in [1.165, 1.54) is 12.1 Å². The lowest BCUT2D eigenvalue weighted by molar-refractivity contribution is -0.139. The lowest BCUT2D eigenvalue weighted by Crippen LogP contribution is -2.58. The van der Waals surface area contributed by atoms with E-state index in [-0.39, 0.29) is 36.8 Å². The zero-order valence-corrected chi connectivity index (χ0v) is 19.3. The fourth-order valence-electron chi connectivity index (χ4n) is 3.90. The summed E-state index contributed by atoms with van der Waals surface area (Å²) >= 11 is 6.06. The zero-order valence-electron chi connectivity index (χ0n) is 18.6. The van der Waals surface area contributed by atoms with Gasteiger partial charge in [-0.25, -0.2) is 4.39 Å². The van der Waals surface area contributed by atoms with Crippen LogP contribution in [-0.4, -0.2) is 53.4 Å². The largest absolute Gasteiger partial charge is 0.483 e. The number of piperazine rings is 1. The van der Waals surface area contributed by atoms with Crippen LogP contribution in [0, 0.1) is 17.3 Å². The van der Waals surface area contributed by atoms with Gasteiger partial charge in [0, 0.05) is 42.3 Å². The lowest BCUT2D eigenvalue weighted by atomic mass is 10.1.